The van der Waals surface area contributed by atoms with Crippen molar-refractivity contribution in [3.05, 3.63) is 64.5 Å². The normalized spacial score (nSPS) is 17.1. The van der Waals surface area contributed by atoms with Gasteiger partial charge in [-0.15, -0.1) is 11.3 Å². The van der Waals surface area contributed by atoms with Crippen molar-refractivity contribution in [1.29, 1.82) is 0 Å². The number of hydrogen-bond donors (Lipinski definition) is 0. The molecule has 34 heavy (non-hydrogen) atoms. The van der Waals surface area contributed by atoms with Crippen LogP contribution in [0.3, 0.4) is 0 Å². The van der Waals surface area contributed by atoms with Crippen molar-refractivity contribution in [2.24, 2.45) is 5.92 Å². The molecule has 4 heterocycles. The van der Waals surface area contributed by atoms with Crippen molar-refractivity contribution in [3.8, 4) is 0 Å². The predicted molar refractivity (Wildman–Crippen MR) is 135 cm³/mol. The van der Waals surface area contributed by atoms with E-state index in [1.54, 1.807) is 17.5 Å². The molecule has 1 aromatic carbocycles. The van der Waals surface area contributed by atoms with Gasteiger partial charge in [-0.3, -0.25) is 19.1 Å². The molecule has 1 saturated heterocycles. The second kappa shape index (κ2) is 10.00. The Labute approximate surface area is 207 Å². The zero-order valence-electron chi connectivity index (χ0n) is 19.4. The Morgan fingerprint density at radius 2 is 2.24 bits per heavy atom. The number of thiazole rings is 1. The zero-order valence-corrected chi connectivity index (χ0v) is 20.9. The quantitative estimate of drug-likeness (QED) is 0.376. The van der Waals surface area contributed by atoms with Crippen molar-refractivity contribution >= 4 is 44.7 Å². The first-order valence-electron chi connectivity index (χ1n) is 11.5. The number of ether oxygens (including phenoxy) is 1. The maximum atomic E-state index is 13.6. The van der Waals surface area contributed by atoms with Crippen LogP contribution >= 0.6 is 22.9 Å². The fourth-order valence-electron chi connectivity index (χ4n) is 4.48. The maximum absolute atomic E-state index is 13.6. The largest absolute Gasteiger partial charge is 0.366 e. The summed E-state index contributed by atoms with van der Waals surface area (Å²) < 4.78 is 7.99. The van der Waals surface area contributed by atoms with E-state index >= 15 is 0 Å². The highest BCUT2D eigenvalue weighted by molar-refractivity contribution is 7.15. The standard InChI is InChI=1S/C25H28ClN5O2S/c1-17(2)13-30(14-18-5-6-20-19(12-18)4-3-7-27-20)24(32)22-16-29(8-10-33-22)15-21-23(26)28-25-31(21)9-11-34-25/h3-7,9,11-12,17,22H,8,10,13-16H2,1-2H3/t22-/m1/s1. The number of fused-ring (bicyclic) bond motifs is 2. The van der Waals surface area contributed by atoms with Gasteiger partial charge in [-0.2, -0.15) is 0 Å². The van der Waals surface area contributed by atoms with Crippen LogP contribution in [-0.4, -0.2) is 62.4 Å². The lowest BCUT2D eigenvalue weighted by Crippen LogP contribution is -2.51. The Morgan fingerprint density at radius 3 is 3.09 bits per heavy atom. The second-order valence-electron chi connectivity index (χ2n) is 9.14. The number of amides is 1. The van der Waals surface area contributed by atoms with Crippen molar-refractivity contribution in [2.45, 2.75) is 33.0 Å². The lowest BCUT2D eigenvalue weighted by molar-refractivity contribution is -0.151. The highest BCUT2D eigenvalue weighted by atomic mass is 35.5. The summed E-state index contributed by atoms with van der Waals surface area (Å²) in [4.78, 5) is 27.5. The molecule has 0 N–H and O–H groups in total. The summed E-state index contributed by atoms with van der Waals surface area (Å²) in [6.45, 7) is 7.91. The number of pyridine rings is 1. The molecule has 4 aromatic rings. The number of morpholine rings is 1. The summed E-state index contributed by atoms with van der Waals surface area (Å²) in [5.74, 6) is 0.382. The molecule has 0 bridgehead atoms. The van der Waals surface area contributed by atoms with Gasteiger partial charge in [-0.25, -0.2) is 4.98 Å². The molecule has 0 spiro atoms. The average Bonchev–Trinajstić information content (AvgIpc) is 3.40. The molecule has 1 atom stereocenters. The lowest BCUT2D eigenvalue weighted by atomic mass is 10.1. The van der Waals surface area contributed by atoms with E-state index in [4.69, 9.17) is 16.3 Å². The molecule has 178 valence electrons. The van der Waals surface area contributed by atoms with E-state index < -0.39 is 6.10 Å². The number of aromatic nitrogens is 3. The van der Waals surface area contributed by atoms with Gasteiger partial charge < -0.3 is 9.64 Å². The summed E-state index contributed by atoms with van der Waals surface area (Å²) in [5, 5.41) is 3.60. The number of carbonyl (C=O) groups is 1. The minimum absolute atomic E-state index is 0.0322. The van der Waals surface area contributed by atoms with E-state index in [0.717, 1.165) is 33.7 Å². The molecule has 1 aliphatic heterocycles. The van der Waals surface area contributed by atoms with Crippen LogP contribution in [0.2, 0.25) is 5.15 Å². The molecule has 3 aromatic heterocycles. The van der Waals surface area contributed by atoms with Gasteiger partial charge in [0.25, 0.3) is 5.91 Å². The van der Waals surface area contributed by atoms with E-state index in [-0.39, 0.29) is 5.91 Å². The SMILES string of the molecule is CC(C)CN(Cc1ccc2ncccc2c1)C(=O)[C@H]1CN(Cc2c(Cl)nc3sccn23)CCO1. The number of hydrogen-bond acceptors (Lipinski definition) is 6. The third-order valence-corrected chi connectivity index (χ3v) is 7.11. The monoisotopic (exact) mass is 497 g/mol. The molecule has 1 aliphatic rings. The highest BCUT2D eigenvalue weighted by Gasteiger charge is 2.31. The Hall–Kier alpha value is -2.52. The van der Waals surface area contributed by atoms with Crippen LogP contribution < -0.4 is 0 Å². The first-order chi connectivity index (χ1) is 16.5. The molecule has 9 heteroatoms. The van der Waals surface area contributed by atoms with Crippen molar-refractivity contribution in [3.63, 3.8) is 0 Å². The molecule has 1 amide bonds. The smallest absolute Gasteiger partial charge is 0.253 e. The van der Waals surface area contributed by atoms with Crippen LogP contribution in [0.5, 0.6) is 0 Å². The second-order valence-corrected chi connectivity index (χ2v) is 10.4. The van der Waals surface area contributed by atoms with E-state index in [9.17, 15) is 4.79 Å². The number of carbonyl (C=O) groups excluding carboxylic acids is 1. The molecule has 0 aliphatic carbocycles. The van der Waals surface area contributed by atoms with Crippen molar-refractivity contribution in [1.82, 2.24) is 24.2 Å². The van der Waals surface area contributed by atoms with Gasteiger partial charge in [0.1, 0.15) is 6.10 Å². The van der Waals surface area contributed by atoms with Crippen LogP contribution in [0.25, 0.3) is 15.9 Å². The number of imidazole rings is 1. The van der Waals surface area contributed by atoms with E-state index in [2.05, 4.69) is 46.9 Å². The summed E-state index contributed by atoms with van der Waals surface area (Å²) in [6.07, 6.45) is 3.28. The van der Waals surface area contributed by atoms with Gasteiger partial charge in [0.05, 0.1) is 17.8 Å². The van der Waals surface area contributed by atoms with Gasteiger partial charge in [0, 0.05) is 55.9 Å². The number of halogens is 1. The van der Waals surface area contributed by atoms with Crippen LogP contribution in [0.4, 0.5) is 0 Å². The molecule has 7 nitrogen and oxygen atoms in total. The third-order valence-electron chi connectivity index (χ3n) is 6.05. The van der Waals surface area contributed by atoms with Gasteiger partial charge in [-0.1, -0.05) is 37.6 Å². The van der Waals surface area contributed by atoms with Gasteiger partial charge in [0.15, 0.2) is 10.1 Å². The van der Waals surface area contributed by atoms with Crippen molar-refractivity contribution < 1.29 is 9.53 Å². The molecule has 0 saturated carbocycles. The van der Waals surface area contributed by atoms with Crippen LogP contribution in [0.1, 0.15) is 25.1 Å². The predicted octanol–water partition coefficient (Wildman–Crippen LogP) is 4.48. The van der Waals surface area contributed by atoms with Crippen LogP contribution in [0.15, 0.2) is 48.1 Å². The first-order valence-corrected chi connectivity index (χ1v) is 12.8. The summed E-state index contributed by atoms with van der Waals surface area (Å²) >= 11 is 7.96. The van der Waals surface area contributed by atoms with Crippen LogP contribution in [-0.2, 0) is 22.6 Å². The van der Waals surface area contributed by atoms with Crippen LogP contribution in [0, 0.1) is 5.92 Å². The van der Waals surface area contributed by atoms with E-state index in [1.807, 2.05) is 33.0 Å². The number of rotatable bonds is 7. The Bertz CT molecular complexity index is 1300. The Morgan fingerprint density at radius 1 is 1.35 bits per heavy atom. The Kier molecular flexibility index (Phi) is 6.83. The average molecular weight is 498 g/mol. The number of benzene rings is 1. The molecule has 1 fully saturated rings. The fraction of sp³-hybridized carbons (Fsp3) is 0.400. The van der Waals surface area contributed by atoms with E-state index in [1.165, 1.54) is 0 Å². The topological polar surface area (TPSA) is 63.0 Å². The minimum atomic E-state index is -0.501. The maximum Gasteiger partial charge on any atom is 0.253 e. The number of nitrogens with zero attached hydrogens (tertiary/aromatic N) is 5. The first kappa shape index (κ1) is 23.2. The lowest BCUT2D eigenvalue weighted by Gasteiger charge is -2.35. The zero-order chi connectivity index (χ0) is 23.7. The fourth-order valence-corrected chi connectivity index (χ4v) is 5.49. The molecule has 0 radical (unpaired) electrons. The highest BCUT2D eigenvalue weighted by Crippen LogP contribution is 2.24. The molecular formula is C25H28ClN5O2S. The molecule has 5 rings (SSSR count). The third kappa shape index (κ3) is 4.95. The van der Waals surface area contributed by atoms with Crippen molar-refractivity contribution in [2.75, 3.05) is 26.2 Å². The summed E-state index contributed by atoms with van der Waals surface area (Å²) in [5.41, 5.74) is 3.00. The molecule has 0 unspecified atom stereocenters. The van der Waals surface area contributed by atoms with E-state index in [0.29, 0.717) is 43.9 Å². The van der Waals surface area contributed by atoms with Gasteiger partial charge in [-0.05, 0) is 29.7 Å². The summed E-state index contributed by atoms with van der Waals surface area (Å²) in [6, 6.07) is 10.2. The summed E-state index contributed by atoms with van der Waals surface area (Å²) in [7, 11) is 0. The van der Waals surface area contributed by atoms with Gasteiger partial charge >= 0.3 is 0 Å². The van der Waals surface area contributed by atoms with Gasteiger partial charge in [0.2, 0.25) is 0 Å². The molecular weight excluding hydrogens is 470 g/mol. The Balaban J connectivity index is 1.31. The minimum Gasteiger partial charge on any atom is -0.366 e.